The van der Waals surface area contributed by atoms with Gasteiger partial charge in [-0.05, 0) is 20.8 Å². The lowest BCUT2D eigenvalue weighted by molar-refractivity contribution is -0.129. The van der Waals surface area contributed by atoms with Gasteiger partial charge in [0, 0.05) is 11.5 Å². The van der Waals surface area contributed by atoms with Gasteiger partial charge in [0.25, 0.3) is 0 Å². The van der Waals surface area contributed by atoms with Crippen molar-refractivity contribution < 1.29 is 24.3 Å². The number of aliphatic carboxylic acids is 1. The second-order valence-electron chi connectivity index (χ2n) is 4.77. The van der Waals surface area contributed by atoms with Crippen LogP contribution in [0.25, 0.3) is 0 Å². The predicted octanol–water partition coefficient (Wildman–Crippen LogP) is 1.32. The lowest BCUT2D eigenvalue weighted by Crippen LogP contribution is -2.27. The standard InChI is InChI=1S/C12H14N4O5S/c1-5-6-20-15-7(9(17)18)8-13-10(22-16-8)14-11(19)21-12(2,3)4/h1H,6H2,2-4H3,(H,17,18)(H,13,14,16,19). The topological polar surface area (TPSA) is 123 Å². The summed E-state index contributed by atoms with van der Waals surface area (Å²) in [5, 5.41) is 14.8. The molecule has 1 heterocycles. The van der Waals surface area contributed by atoms with Gasteiger partial charge in [-0.15, -0.1) is 6.42 Å². The third-order valence-corrected chi connectivity index (χ3v) is 2.38. The Balaban J connectivity index is 2.81. The summed E-state index contributed by atoms with van der Waals surface area (Å²) >= 11 is 0.776. The van der Waals surface area contributed by atoms with Gasteiger partial charge in [0.1, 0.15) is 5.60 Å². The highest BCUT2D eigenvalue weighted by Crippen LogP contribution is 2.14. The van der Waals surface area contributed by atoms with E-state index in [-0.39, 0.29) is 17.6 Å². The summed E-state index contributed by atoms with van der Waals surface area (Å²) in [7, 11) is 0. The number of carboxylic acid groups (broad SMARTS) is 1. The van der Waals surface area contributed by atoms with E-state index in [0.29, 0.717) is 0 Å². The molecule has 0 bridgehead atoms. The maximum atomic E-state index is 11.6. The summed E-state index contributed by atoms with van der Waals surface area (Å²) in [4.78, 5) is 31.1. The van der Waals surface area contributed by atoms with Crippen molar-refractivity contribution in [1.29, 1.82) is 0 Å². The number of carbonyl (C=O) groups is 2. The summed E-state index contributed by atoms with van der Waals surface area (Å²) in [5.74, 6) is 0.535. The second kappa shape index (κ2) is 7.37. The molecule has 118 valence electrons. The Bertz CT molecular complexity index is 626. The van der Waals surface area contributed by atoms with Gasteiger partial charge in [0.15, 0.2) is 6.61 Å². The van der Waals surface area contributed by atoms with Gasteiger partial charge in [0.05, 0.1) is 0 Å². The fourth-order valence-electron chi connectivity index (χ4n) is 1.07. The molecule has 0 saturated heterocycles. The van der Waals surface area contributed by atoms with Gasteiger partial charge >= 0.3 is 12.1 Å². The van der Waals surface area contributed by atoms with Gasteiger partial charge in [0.2, 0.25) is 16.7 Å². The minimum atomic E-state index is -1.39. The van der Waals surface area contributed by atoms with Crippen LogP contribution in [0.5, 0.6) is 0 Å². The number of terminal acetylenes is 1. The Morgan fingerprint density at radius 1 is 1.50 bits per heavy atom. The lowest BCUT2D eigenvalue weighted by atomic mass is 10.2. The van der Waals surface area contributed by atoms with Crippen molar-refractivity contribution in [2.45, 2.75) is 26.4 Å². The number of nitrogens with zero attached hydrogens (tertiary/aromatic N) is 3. The number of ether oxygens (including phenoxy) is 1. The molecule has 0 saturated carbocycles. The molecule has 2 N–H and O–H groups in total. The SMILES string of the molecule is C#CCON=C(C(=O)O)c1nsc(NC(=O)OC(C)(C)C)n1. The molecule has 1 aromatic rings. The summed E-state index contributed by atoms with van der Waals surface area (Å²) in [6, 6.07) is 0. The van der Waals surface area contributed by atoms with Crippen LogP contribution in [-0.4, -0.2) is 44.4 Å². The molecular formula is C12H14N4O5S. The van der Waals surface area contributed by atoms with Gasteiger partial charge in [-0.1, -0.05) is 11.1 Å². The molecule has 10 heteroatoms. The zero-order chi connectivity index (χ0) is 16.8. The third-order valence-electron chi connectivity index (χ3n) is 1.75. The van der Waals surface area contributed by atoms with E-state index in [1.807, 2.05) is 0 Å². The number of hydrogen-bond donors (Lipinski definition) is 2. The molecule has 1 rings (SSSR count). The number of anilines is 1. The van der Waals surface area contributed by atoms with Gasteiger partial charge < -0.3 is 14.7 Å². The largest absolute Gasteiger partial charge is 0.476 e. The number of rotatable bonds is 5. The average Bonchev–Trinajstić information content (AvgIpc) is 2.79. The second-order valence-corrected chi connectivity index (χ2v) is 5.52. The van der Waals surface area contributed by atoms with Crippen LogP contribution in [0, 0.1) is 12.3 Å². The number of oxime groups is 1. The van der Waals surface area contributed by atoms with Crippen LogP contribution in [0.2, 0.25) is 0 Å². The first-order valence-corrected chi connectivity index (χ1v) is 6.71. The van der Waals surface area contributed by atoms with Crippen molar-refractivity contribution >= 4 is 34.4 Å². The number of carbonyl (C=O) groups excluding carboxylic acids is 1. The van der Waals surface area contributed by atoms with E-state index in [1.54, 1.807) is 20.8 Å². The first-order chi connectivity index (χ1) is 10.2. The number of nitrogens with one attached hydrogen (secondary N) is 1. The highest BCUT2D eigenvalue weighted by atomic mass is 32.1. The molecule has 1 aromatic heterocycles. The third kappa shape index (κ3) is 5.76. The Kier molecular flexibility index (Phi) is 5.82. The van der Waals surface area contributed by atoms with Crippen LogP contribution in [0.4, 0.5) is 9.93 Å². The minimum Gasteiger partial charge on any atom is -0.476 e. The normalized spacial score (nSPS) is 11.5. The van der Waals surface area contributed by atoms with Crippen molar-refractivity contribution in [3.8, 4) is 12.3 Å². The van der Waals surface area contributed by atoms with E-state index < -0.39 is 23.4 Å². The number of aromatic nitrogens is 2. The first kappa shape index (κ1) is 17.4. The molecule has 0 radical (unpaired) electrons. The molecule has 1 amide bonds. The van der Waals surface area contributed by atoms with Crippen LogP contribution < -0.4 is 5.32 Å². The lowest BCUT2D eigenvalue weighted by Gasteiger charge is -2.18. The van der Waals surface area contributed by atoms with E-state index in [9.17, 15) is 9.59 Å². The average molecular weight is 326 g/mol. The Morgan fingerprint density at radius 2 is 2.18 bits per heavy atom. The van der Waals surface area contributed by atoms with Crippen LogP contribution in [0.1, 0.15) is 26.6 Å². The zero-order valence-corrected chi connectivity index (χ0v) is 12.9. The maximum absolute atomic E-state index is 11.6. The fourth-order valence-corrected chi connectivity index (χ4v) is 1.63. The fraction of sp³-hybridized carbons (Fsp3) is 0.417. The molecule has 0 fully saturated rings. The summed E-state index contributed by atoms with van der Waals surface area (Å²) in [5.41, 5.74) is -1.20. The van der Waals surface area contributed by atoms with Crippen molar-refractivity contribution in [2.75, 3.05) is 11.9 Å². The van der Waals surface area contributed by atoms with Gasteiger partial charge in [-0.25, -0.2) is 9.59 Å². The van der Waals surface area contributed by atoms with Crippen LogP contribution >= 0.6 is 11.5 Å². The van der Waals surface area contributed by atoms with Crippen LogP contribution in [0.3, 0.4) is 0 Å². The van der Waals surface area contributed by atoms with Crippen molar-refractivity contribution in [1.82, 2.24) is 9.36 Å². The highest BCUT2D eigenvalue weighted by Gasteiger charge is 2.22. The minimum absolute atomic E-state index is 0.0650. The number of carboxylic acids is 1. The predicted molar refractivity (Wildman–Crippen MR) is 78.7 cm³/mol. The quantitative estimate of drug-likeness (QED) is 0.362. The van der Waals surface area contributed by atoms with Crippen molar-refractivity contribution in [3.63, 3.8) is 0 Å². The smallest absolute Gasteiger partial charge is 0.414 e. The molecule has 0 aromatic carbocycles. The van der Waals surface area contributed by atoms with E-state index in [4.69, 9.17) is 16.3 Å². The van der Waals surface area contributed by atoms with Crippen LogP contribution in [0.15, 0.2) is 5.16 Å². The Morgan fingerprint density at radius 3 is 2.73 bits per heavy atom. The Labute approximate surface area is 130 Å². The molecule has 0 unspecified atom stereocenters. The van der Waals surface area contributed by atoms with Crippen molar-refractivity contribution in [3.05, 3.63) is 5.82 Å². The van der Waals surface area contributed by atoms with Gasteiger partial charge in [-0.3, -0.25) is 5.32 Å². The zero-order valence-electron chi connectivity index (χ0n) is 12.1. The van der Waals surface area contributed by atoms with Gasteiger partial charge in [-0.2, -0.15) is 9.36 Å². The summed E-state index contributed by atoms with van der Waals surface area (Å²) < 4.78 is 8.82. The maximum Gasteiger partial charge on any atom is 0.414 e. The highest BCUT2D eigenvalue weighted by molar-refractivity contribution is 7.10. The van der Waals surface area contributed by atoms with Crippen LogP contribution in [-0.2, 0) is 14.4 Å². The Hall–Kier alpha value is -2.67. The number of amides is 1. The van der Waals surface area contributed by atoms with E-state index in [2.05, 4.69) is 30.6 Å². The molecule has 0 aliphatic heterocycles. The first-order valence-electron chi connectivity index (χ1n) is 5.93. The molecule has 0 aliphatic carbocycles. The molecule has 0 spiro atoms. The van der Waals surface area contributed by atoms with Crippen molar-refractivity contribution in [2.24, 2.45) is 5.16 Å². The monoisotopic (exact) mass is 326 g/mol. The summed E-state index contributed by atoms with van der Waals surface area (Å²) in [6.07, 6.45) is 4.23. The van der Waals surface area contributed by atoms with E-state index >= 15 is 0 Å². The molecule has 22 heavy (non-hydrogen) atoms. The molecule has 0 atom stereocenters. The molecule has 9 nitrogen and oxygen atoms in total. The van der Waals surface area contributed by atoms with E-state index in [1.165, 1.54) is 0 Å². The molecular weight excluding hydrogens is 312 g/mol. The van der Waals surface area contributed by atoms with E-state index in [0.717, 1.165) is 11.5 Å². The number of hydrogen-bond acceptors (Lipinski definition) is 8. The summed E-state index contributed by atoms with van der Waals surface area (Å²) in [6.45, 7) is 4.92. The molecule has 0 aliphatic rings.